The molecule has 12 heteroatoms. The van der Waals surface area contributed by atoms with Gasteiger partial charge in [-0.2, -0.15) is 4.79 Å². The highest BCUT2D eigenvalue weighted by Gasteiger charge is 2.60. The number of carboxylic acid groups (broad SMARTS) is 1. The van der Waals surface area contributed by atoms with Crippen molar-refractivity contribution in [1.29, 1.82) is 0 Å². The second kappa shape index (κ2) is 10.3. The molecule has 11 nitrogen and oxygen atoms in total. The lowest BCUT2D eigenvalue weighted by molar-refractivity contribution is -0.134. The van der Waals surface area contributed by atoms with E-state index in [2.05, 4.69) is 9.88 Å². The Morgan fingerprint density at radius 2 is 1.95 bits per heavy atom. The highest BCUT2D eigenvalue weighted by Crippen LogP contribution is 2.48. The average Bonchev–Trinajstić information content (AvgIpc) is 3.19. The molecule has 4 rings (SSSR count). The SMILES string of the molecule is CCOC(=O)[N+]1(C(C)(C)C)C(C(=O)O)=Cc2cc(-c3nc(CS(C)(=O)=O)cc(N4CCOC[C@@H]4C)n3)ccc21. The van der Waals surface area contributed by atoms with E-state index in [0.717, 1.165) is 6.26 Å². The Labute approximate surface area is 228 Å². The molecule has 2 aliphatic rings. The van der Waals surface area contributed by atoms with Gasteiger partial charge < -0.3 is 19.5 Å². The number of hydrogen-bond acceptors (Lipinski definition) is 9. The number of benzene rings is 1. The lowest BCUT2D eigenvalue weighted by Crippen LogP contribution is -2.64. The minimum absolute atomic E-state index is 0.0305. The van der Waals surface area contributed by atoms with E-state index in [1.54, 1.807) is 52.0 Å². The fourth-order valence-electron chi connectivity index (χ4n) is 5.28. The molecule has 1 aromatic carbocycles. The number of sulfone groups is 1. The van der Waals surface area contributed by atoms with Crippen molar-refractivity contribution < 1.29 is 32.6 Å². The van der Waals surface area contributed by atoms with Crippen LogP contribution >= 0.6 is 0 Å². The third kappa shape index (κ3) is 5.28. The summed E-state index contributed by atoms with van der Waals surface area (Å²) < 4.78 is 34.6. The molecule has 1 saturated heterocycles. The first-order valence-electron chi connectivity index (χ1n) is 12.8. The third-order valence-corrected chi connectivity index (χ3v) is 7.73. The van der Waals surface area contributed by atoms with Crippen molar-refractivity contribution in [3.8, 4) is 11.4 Å². The van der Waals surface area contributed by atoms with Crippen molar-refractivity contribution in [3.05, 3.63) is 41.2 Å². The summed E-state index contributed by atoms with van der Waals surface area (Å²) in [5, 5.41) is 10.1. The van der Waals surface area contributed by atoms with E-state index in [4.69, 9.17) is 14.5 Å². The number of carbonyl (C=O) groups excluding carboxylic acids is 1. The number of aromatic nitrogens is 2. The van der Waals surface area contributed by atoms with Crippen molar-refractivity contribution in [1.82, 2.24) is 14.5 Å². The Morgan fingerprint density at radius 1 is 1.23 bits per heavy atom. The minimum Gasteiger partial charge on any atom is -0.474 e. The van der Waals surface area contributed by atoms with E-state index < -0.39 is 31.9 Å². The molecule has 39 heavy (non-hydrogen) atoms. The van der Waals surface area contributed by atoms with Gasteiger partial charge in [-0.05, 0) is 46.8 Å². The molecule has 2 aliphatic heterocycles. The van der Waals surface area contributed by atoms with Gasteiger partial charge in [0, 0.05) is 42.1 Å². The molecule has 1 aromatic heterocycles. The molecule has 0 aliphatic carbocycles. The van der Waals surface area contributed by atoms with Gasteiger partial charge >= 0.3 is 12.1 Å². The number of aliphatic carboxylic acids is 1. The minimum atomic E-state index is -3.37. The molecule has 2 aromatic rings. The second-order valence-electron chi connectivity index (χ2n) is 10.9. The normalized spacial score (nSPS) is 21.3. The summed E-state index contributed by atoms with van der Waals surface area (Å²) in [6.07, 6.45) is 1.95. The Balaban J connectivity index is 1.90. The van der Waals surface area contributed by atoms with Crippen LogP contribution in [0, 0.1) is 0 Å². The van der Waals surface area contributed by atoms with E-state index >= 15 is 0 Å². The summed E-state index contributed by atoms with van der Waals surface area (Å²) in [4.78, 5) is 37.2. The molecule has 0 spiro atoms. The summed E-state index contributed by atoms with van der Waals surface area (Å²) in [6, 6.07) is 6.87. The smallest absolute Gasteiger partial charge is 0.474 e. The highest BCUT2D eigenvalue weighted by molar-refractivity contribution is 7.89. The van der Waals surface area contributed by atoms with Crippen molar-refractivity contribution >= 4 is 39.5 Å². The van der Waals surface area contributed by atoms with E-state index in [9.17, 15) is 23.1 Å². The van der Waals surface area contributed by atoms with Gasteiger partial charge in [0.15, 0.2) is 21.3 Å². The maximum atomic E-state index is 13.4. The summed E-state index contributed by atoms with van der Waals surface area (Å²) >= 11 is 0. The first-order chi connectivity index (χ1) is 18.2. The first-order valence-corrected chi connectivity index (χ1v) is 14.8. The highest BCUT2D eigenvalue weighted by atomic mass is 32.2. The first kappa shape index (κ1) is 28.7. The molecule has 1 N–H and O–H groups in total. The molecule has 0 saturated carbocycles. The van der Waals surface area contributed by atoms with Crippen molar-refractivity contribution in [2.24, 2.45) is 0 Å². The van der Waals surface area contributed by atoms with Crippen LogP contribution in [0.5, 0.6) is 0 Å². The largest absolute Gasteiger partial charge is 0.527 e. The van der Waals surface area contributed by atoms with Crippen LogP contribution in [0.2, 0.25) is 0 Å². The van der Waals surface area contributed by atoms with Crippen LogP contribution in [0.3, 0.4) is 0 Å². The lowest BCUT2D eigenvalue weighted by Gasteiger charge is -2.41. The quantitative estimate of drug-likeness (QED) is 0.523. The summed E-state index contributed by atoms with van der Waals surface area (Å²) in [5.41, 5.74) is 0.898. The molecule has 210 valence electrons. The lowest BCUT2D eigenvalue weighted by atomic mass is 9.99. The molecule has 0 bridgehead atoms. The zero-order valence-electron chi connectivity index (χ0n) is 23.1. The summed E-state index contributed by atoms with van der Waals surface area (Å²) in [6.45, 7) is 10.8. The number of anilines is 1. The van der Waals surface area contributed by atoms with Gasteiger partial charge in [-0.15, -0.1) is 4.48 Å². The summed E-state index contributed by atoms with van der Waals surface area (Å²) in [5.74, 6) is -0.599. The van der Waals surface area contributed by atoms with E-state index in [-0.39, 0.29) is 24.1 Å². The molecular weight excluding hydrogens is 524 g/mol. The van der Waals surface area contributed by atoms with E-state index in [0.29, 0.717) is 53.9 Å². The van der Waals surface area contributed by atoms with Gasteiger partial charge in [-0.25, -0.2) is 23.2 Å². The van der Waals surface area contributed by atoms with Crippen LogP contribution in [0.15, 0.2) is 30.0 Å². The molecule has 1 amide bonds. The number of fused-ring (bicyclic) bond motifs is 1. The molecule has 0 radical (unpaired) electrons. The number of ether oxygens (including phenoxy) is 2. The van der Waals surface area contributed by atoms with Gasteiger partial charge in [0.2, 0.25) is 5.70 Å². The Hall–Kier alpha value is -3.35. The zero-order valence-corrected chi connectivity index (χ0v) is 23.9. The molecular formula is C27H35N4O7S+. The number of amides is 1. The molecule has 1 fully saturated rings. The Kier molecular flexibility index (Phi) is 7.58. The molecule has 1 unspecified atom stereocenters. The number of quaternary nitrogens is 1. The van der Waals surface area contributed by atoms with Crippen LogP contribution in [-0.2, 0) is 29.9 Å². The van der Waals surface area contributed by atoms with Crippen LogP contribution in [0.1, 0.15) is 45.9 Å². The Bertz CT molecular complexity index is 1450. The van der Waals surface area contributed by atoms with Crippen LogP contribution in [0.4, 0.5) is 16.3 Å². The number of carboxylic acids is 1. The number of hydrogen-bond donors (Lipinski definition) is 1. The number of rotatable bonds is 6. The number of nitrogens with zero attached hydrogens (tertiary/aromatic N) is 4. The van der Waals surface area contributed by atoms with Crippen LogP contribution in [0.25, 0.3) is 17.5 Å². The second-order valence-corrected chi connectivity index (χ2v) is 13.0. The fraction of sp³-hybridized carbons (Fsp3) is 0.481. The Morgan fingerprint density at radius 3 is 2.54 bits per heavy atom. The fourth-order valence-corrected chi connectivity index (χ4v) is 5.96. The van der Waals surface area contributed by atoms with Crippen molar-refractivity contribution in [2.45, 2.75) is 52.0 Å². The maximum absolute atomic E-state index is 13.4. The van der Waals surface area contributed by atoms with Crippen LogP contribution in [-0.4, -0.2) is 79.8 Å². The van der Waals surface area contributed by atoms with E-state index in [1.165, 1.54) is 6.08 Å². The average molecular weight is 560 g/mol. The van der Waals surface area contributed by atoms with Gasteiger partial charge in [0.1, 0.15) is 11.4 Å². The predicted octanol–water partition coefficient (Wildman–Crippen LogP) is 3.61. The maximum Gasteiger partial charge on any atom is 0.527 e. The molecule has 3 heterocycles. The van der Waals surface area contributed by atoms with Crippen molar-refractivity contribution in [2.75, 3.05) is 37.5 Å². The molecule has 2 atom stereocenters. The van der Waals surface area contributed by atoms with Crippen LogP contribution < -0.4 is 9.38 Å². The standard InChI is InChI=1S/C27H34N4O7S/c1-7-38-26(34)31(27(3,4)5)21-9-8-18(12-19(21)13-22(31)25(32)33)24-28-20(16-39(6,35)36)14-23(29-24)30-10-11-37-15-17(30)2/h8-9,12-14,17H,7,10-11,15-16H2,1-6H3/p+1/t17-,31?/m0/s1. The van der Waals surface area contributed by atoms with Crippen molar-refractivity contribution in [3.63, 3.8) is 0 Å². The number of morpholine rings is 1. The van der Waals surface area contributed by atoms with E-state index in [1.807, 2.05) is 6.92 Å². The van der Waals surface area contributed by atoms with Gasteiger partial charge in [0.25, 0.3) is 0 Å². The summed E-state index contributed by atoms with van der Waals surface area (Å²) in [7, 11) is -3.37. The third-order valence-electron chi connectivity index (χ3n) is 6.91. The van der Waals surface area contributed by atoms with Gasteiger partial charge in [0.05, 0.1) is 37.3 Å². The van der Waals surface area contributed by atoms with Gasteiger partial charge in [-0.1, -0.05) is 0 Å². The topological polar surface area (TPSA) is 136 Å². The van der Waals surface area contributed by atoms with Gasteiger partial charge in [-0.3, -0.25) is 0 Å². The number of carbonyl (C=O) groups is 2. The zero-order chi connectivity index (χ0) is 28.8. The monoisotopic (exact) mass is 559 g/mol. The predicted molar refractivity (Wildman–Crippen MR) is 148 cm³/mol.